The lowest BCUT2D eigenvalue weighted by Crippen LogP contribution is -2.31. The van der Waals surface area contributed by atoms with Gasteiger partial charge in [0.15, 0.2) is 0 Å². The molecule has 0 aliphatic heterocycles. The van der Waals surface area contributed by atoms with Crippen molar-refractivity contribution < 1.29 is 9.53 Å². The number of nitrogens with zero attached hydrogens (tertiary/aromatic N) is 1. The topological polar surface area (TPSA) is 51.2 Å². The Hall–Kier alpha value is -1.13. The number of halogens is 1. The molecule has 1 amide bonds. The fourth-order valence-electron chi connectivity index (χ4n) is 1.90. The number of aromatic nitrogens is 1. The molecule has 1 saturated carbocycles. The maximum atomic E-state index is 11.9. The number of rotatable bonds is 6. The number of methoxy groups -OCH3 is 1. The molecule has 0 spiro atoms. The van der Waals surface area contributed by atoms with Gasteiger partial charge in [-0.1, -0.05) is 17.7 Å². The molecule has 0 aromatic carbocycles. The Bertz CT molecular complexity index is 433. The first-order chi connectivity index (χ1) is 8.65. The summed E-state index contributed by atoms with van der Waals surface area (Å²) < 4.78 is 5.08. The summed E-state index contributed by atoms with van der Waals surface area (Å²) in [6, 6.07) is 5.04. The summed E-state index contributed by atoms with van der Waals surface area (Å²) in [6.45, 7) is 1.43. The fourth-order valence-corrected chi connectivity index (χ4v) is 2.07. The zero-order valence-corrected chi connectivity index (χ0v) is 11.2. The lowest BCUT2D eigenvalue weighted by Gasteiger charge is -2.15. The average Bonchev–Trinajstić information content (AvgIpc) is 3.14. The van der Waals surface area contributed by atoms with Crippen molar-refractivity contribution in [2.75, 3.05) is 20.3 Å². The van der Waals surface area contributed by atoms with Crippen molar-refractivity contribution in [3.05, 3.63) is 29.0 Å². The molecule has 1 aliphatic rings. The van der Waals surface area contributed by atoms with Crippen LogP contribution in [0.2, 0.25) is 5.15 Å². The molecule has 0 bridgehead atoms. The number of ether oxygens (including phenoxy) is 1. The third-order valence-corrected chi connectivity index (χ3v) is 3.58. The molecule has 0 radical (unpaired) electrons. The zero-order valence-electron chi connectivity index (χ0n) is 10.4. The maximum Gasteiger partial charge on any atom is 0.269 e. The van der Waals surface area contributed by atoms with Crippen LogP contribution in [0.15, 0.2) is 18.2 Å². The van der Waals surface area contributed by atoms with E-state index in [4.69, 9.17) is 16.3 Å². The first-order valence-electron chi connectivity index (χ1n) is 6.05. The molecular formula is C13H17ClN2O2. The van der Waals surface area contributed by atoms with Gasteiger partial charge < -0.3 is 10.1 Å². The van der Waals surface area contributed by atoms with Crippen LogP contribution >= 0.6 is 11.6 Å². The summed E-state index contributed by atoms with van der Waals surface area (Å²) in [5.74, 6) is -0.166. The summed E-state index contributed by atoms with van der Waals surface area (Å²) in [5.41, 5.74) is 0.606. The minimum Gasteiger partial charge on any atom is -0.385 e. The molecule has 1 aliphatic carbocycles. The monoisotopic (exact) mass is 268 g/mol. The highest BCUT2D eigenvalue weighted by Crippen LogP contribution is 2.48. The van der Waals surface area contributed by atoms with E-state index < -0.39 is 0 Å². The Morgan fingerprint density at radius 1 is 1.56 bits per heavy atom. The van der Waals surface area contributed by atoms with Crippen molar-refractivity contribution in [3.63, 3.8) is 0 Å². The van der Waals surface area contributed by atoms with Gasteiger partial charge in [-0.25, -0.2) is 4.98 Å². The number of hydrogen-bond acceptors (Lipinski definition) is 3. The highest BCUT2D eigenvalue weighted by Gasteiger charge is 2.42. The Labute approximate surface area is 112 Å². The number of hydrogen-bond donors (Lipinski definition) is 1. The van der Waals surface area contributed by atoms with Crippen LogP contribution in [-0.2, 0) is 4.74 Å². The highest BCUT2D eigenvalue weighted by molar-refractivity contribution is 6.29. The normalized spacial score (nSPS) is 16.3. The Morgan fingerprint density at radius 3 is 2.94 bits per heavy atom. The second-order valence-electron chi connectivity index (χ2n) is 4.77. The molecule has 1 fully saturated rings. The first kappa shape index (κ1) is 13.3. The van der Waals surface area contributed by atoms with Crippen LogP contribution in [0.4, 0.5) is 0 Å². The van der Waals surface area contributed by atoms with Crippen molar-refractivity contribution in [1.82, 2.24) is 10.3 Å². The van der Waals surface area contributed by atoms with Crippen molar-refractivity contribution in [1.29, 1.82) is 0 Å². The highest BCUT2D eigenvalue weighted by atomic mass is 35.5. The molecule has 5 heteroatoms. The van der Waals surface area contributed by atoms with Crippen LogP contribution < -0.4 is 5.32 Å². The fraction of sp³-hybridized carbons (Fsp3) is 0.538. The van der Waals surface area contributed by atoms with Crippen LogP contribution in [0.1, 0.15) is 29.8 Å². The Kier molecular flexibility index (Phi) is 4.19. The largest absolute Gasteiger partial charge is 0.385 e. The number of carbonyl (C=O) groups excluding carboxylic acids is 1. The third-order valence-electron chi connectivity index (χ3n) is 3.37. The van der Waals surface area contributed by atoms with E-state index in [1.807, 2.05) is 0 Å². The van der Waals surface area contributed by atoms with E-state index in [1.165, 1.54) is 0 Å². The summed E-state index contributed by atoms with van der Waals surface area (Å²) in [7, 11) is 1.70. The van der Waals surface area contributed by atoms with Crippen LogP contribution in [-0.4, -0.2) is 31.2 Å². The van der Waals surface area contributed by atoms with Gasteiger partial charge in [-0.2, -0.15) is 0 Å². The first-order valence-corrected chi connectivity index (χ1v) is 6.43. The molecule has 0 atom stereocenters. The van der Waals surface area contributed by atoms with Gasteiger partial charge in [-0.15, -0.1) is 0 Å². The van der Waals surface area contributed by atoms with Crippen molar-refractivity contribution >= 4 is 17.5 Å². The summed E-state index contributed by atoms with van der Waals surface area (Å²) >= 11 is 5.75. The molecule has 0 unspecified atom stereocenters. The van der Waals surface area contributed by atoms with Gasteiger partial charge in [0.25, 0.3) is 5.91 Å². The molecule has 1 heterocycles. The number of carbonyl (C=O) groups is 1. The van der Waals surface area contributed by atoms with Gasteiger partial charge in [0.1, 0.15) is 10.8 Å². The van der Waals surface area contributed by atoms with Crippen LogP contribution in [0.5, 0.6) is 0 Å². The van der Waals surface area contributed by atoms with E-state index in [-0.39, 0.29) is 11.3 Å². The van der Waals surface area contributed by atoms with Crippen LogP contribution in [0.3, 0.4) is 0 Å². The average molecular weight is 269 g/mol. The van der Waals surface area contributed by atoms with Gasteiger partial charge in [0.05, 0.1) is 0 Å². The quantitative estimate of drug-likeness (QED) is 0.806. The van der Waals surface area contributed by atoms with E-state index in [1.54, 1.807) is 25.3 Å². The molecular weight excluding hydrogens is 252 g/mol. The van der Waals surface area contributed by atoms with Gasteiger partial charge in [0, 0.05) is 20.3 Å². The predicted molar refractivity (Wildman–Crippen MR) is 69.7 cm³/mol. The van der Waals surface area contributed by atoms with E-state index in [0.29, 0.717) is 17.4 Å². The second kappa shape index (κ2) is 5.67. The second-order valence-corrected chi connectivity index (χ2v) is 5.16. The Balaban J connectivity index is 1.85. The number of amides is 1. The summed E-state index contributed by atoms with van der Waals surface area (Å²) in [4.78, 5) is 15.9. The lowest BCUT2D eigenvalue weighted by molar-refractivity contribution is 0.0933. The van der Waals surface area contributed by atoms with E-state index in [9.17, 15) is 4.79 Å². The number of pyridine rings is 1. The molecule has 1 aromatic rings. The van der Waals surface area contributed by atoms with Crippen molar-refractivity contribution in [3.8, 4) is 0 Å². The molecule has 0 saturated heterocycles. The zero-order chi connectivity index (χ0) is 13.0. The molecule has 18 heavy (non-hydrogen) atoms. The lowest BCUT2D eigenvalue weighted by atomic mass is 10.0. The summed E-state index contributed by atoms with van der Waals surface area (Å²) in [5, 5.41) is 3.26. The van der Waals surface area contributed by atoms with E-state index in [2.05, 4.69) is 10.3 Å². The third kappa shape index (κ3) is 3.43. The minimum atomic E-state index is -0.166. The van der Waals surface area contributed by atoms with Gasteiger partial charge in [-0.3, -0.25) is 4.79 Å². The molecule has 1 aromatic heterocycles. The van der Waals surface area contributed by atoms with Crippen LogP contribution in [0.25, 0.3) is 0 Å². The Morgan fingerprint density at radius 2 is 2.33 bits per heavy atom. The van der Waals surface area contributed by atoms with Gasteiger partial charge >= 0.3 is 0 Å². The van der Waals surface area contributed by atoms with E-state index >= 15 is 0 Å². The van der Waals surface area contributed by atoms with Crippen molar-refractivity contribution in [2.45, 2.75) is 19.3 Å². The predicted octanol–water partition coefficient (Wildman–Crippen LogP) is 2.28. The minimum absolute atomic E-state index is 0.166. The molecule has 98 valence electrons. The SMILES string of the molecule is COCCC1(CNC(=O)c2cccc(Cl)n2)CC1. The van der Waals surface area contributed by atoms with Gasteiger partial charge in [-0.05, 0) is 36.8 Å². The van der Waals surface area contributed by atoms with Crippen LogP contribution in [0, 0.1) is 5.41 Å². The smallest absolute Gasteiger partial charge is 0.269 e. The molecule has 1 N–H and O–H groups in total. The van der Waals surface area contributed by atoms with Crippen molar-refractivity contribution in [2.24, 2.45) is 5.41 Å². The van der Waals surface area contributed by atoms with E-state index in [0.717, 1.165) is 25.9 Å². The molecule has 4 nitrogen and oxygen atoms in total. The maximum absolute atomic E-state index is 11.9. The van der Waals surface area contributed by atoms with Gasteiger partial charge in [0.2, 0.25) is 0 Å². The molecule has 2 rings (SSSR count). The standard InChI is InChI=1S/C13H17ClN2O2/c1-18-8-7-13(5-6-13)9-15-12(17)10-3-2-4-11(14)16-10/h2-4H,5-9H2,1H3,(H,15,17). The number of nitrogens with one attached hydrogen (secondary N) is 1. The summed E-state index contributed by atoms with van der Waals surface area (Å²) in [6.07, 6.45) is 3.30.